The molecule has 0 N–H and O–H groups in total. The molecule has 0 atom stereocenters. The maximum absolute atomic E-state index is 2.20. The van der Waals surface area contributed by atoms with Gasteiger partial charge in [0, 0.05) is 0 Å². The third-order valence-electron chi connectivity index (χ3n) is 3.71. The first-order chi connectivity index (χ1) is 10.4. The van der Waals surface area contributed by atoms with E-state index in [0.29, 0.717) is 0 Å². The van der Waals surface area contributed by atoms with Crippen LogP contribution in [0.25, 0.3) is 9.82 Å². The molecule has 0 bridgehead atoms. The predicted octanol–water partition coefficient (Wildman–Crippen LogP) is 4.77. The molecule has 0 spiro atoms. The summed E-state index contributed by atoms with van der Waals surface area (Å²) in [7, 11) is 0. The molecule has 96 valence electrons. The van der Waals surface area contributed by atoms with Crippen LogP contribution < -0.4 is 0 Å². The Bertz CT molecular complexity index is 687. The Balaban J connectivity index is 2.22. The van der Waals surface area contributed by atoms with E-state index in [-0.39, 0.29) is 0 Å². The molecule has 0 nitrogen and oxygen atoms in total. The van der Waals surface area contributed by atoms with Crippen molar-refractivity contribution in [1.29, 1.82) is 0 Å². The Hall–Kier alpha value is -2.00. The second kappa shape index (κ2) is 6.63. The molecule has 21 heavy (non-hydrogen) atoms. The van der Waals surface area contributed by atoms with Crippen molar-refractivity contribution in [3.63, 3.8) is 0 Å². The topological polar surface area (TPSA) is 0 Å². The minimum absolute atomic E-state index is 1.25. The molecule has 0 saturated heterocycles. The Labute approximate surface area is 135 Å². The Morgan fingerprint density at radius 3 is 1.19 bits per heavy atom. The van der Waals surface area contributed by atoms with Crippen molar-refractivity contribution in [3.05, 3.63) is 108 Å². The van der Waals surface area contributed by atoms with E-state index < -0.39 is 0 Å². The number of benzene rings is 3. The van der Waals surface area contributed by atoms with Gasteiger partial charge in [0.25, 0.3) is 0 Å². The third kappa shape index (κ3) is 3.19. The van der Waals surface area contributed by atoms with Crippen LogP contribution in [0.2, 0.25) is 0 Å². The van der Waals surface area contributed by atoms with Gasteiger partial charge in [0.15, 0.2) is 0 Å². The summed E-state index contributed by atoms with van der Waals surface area (Å²) in [5.41, 5.74) is 5.07. The van der Waals surface area contributed by atoms with Crippen molar-refractivity contribution in [2.75, 3.05) is 0 Å². The molecule has 0 aliphatic rings. The van der Waals surface area contributed by atoms with Gasteiger partial charge in [0.2, 0.25) is 0 Å². The normalized spacial score (nSPS) is 10.2. The SMILES string of the molecule is [Li][C](=C(c1ccccc1)c1ccccc1)c1ccccc1. The Morgan fingerprint density at radius 1 is 0.476 bits per heavy atom. The summed E-state index contributed by atoms with van der Waals surface area (Å²) in [6.45, 7) is 0. The molecule has 3 aromatic carbocycles. The Kier molecular flexibility index (Phi) is 4.41. The monoisotopic (exact) mass is 262 g/mol. The molecule has 0 saturated carbocycles. The van der Waals surface area contributed by atoms with Crippen molar-refractivity contribution in [2.45, 2.75) is 0 Å². The molecule has 0 aromatic heterocycles. The fraction of sp³-hybridized carbons (Fsp3) is 0. The molecule has 0 unspecified atom stereocenters. The molecular formula is C20H15Li. The standard InChI is InChI=1S/C20H15.Li/c1-4-10-17(11-5-1)16-20(18-12-6-2-7-13-18)19-14-8-3-9-15-19;/h1-15H;. The van der Waals surface area contributed by atoms with Crippen LogP contribution in [0.1, 0.15) is 16.7 Å². The average Bonchev–Trinajstić information content (AvgIpc) is 2.58. The van der Waals surface area contributed by atoms with E-state index in [9.17, 15) is 0 Å². The molecular weight excluding hydrogens is 247 g/mol. The summed E-state index contributed by atoms with van der Waals surface area (Å²) < 4.78 is 1.30. The van der Waals surface area contributed by atoms with Gasteiger partial charge in [-0.05, 0) is 0 Å². The molecule has 0 aliphatic carbocycles. The van der Waals surface area contributed by atoms with Crippen LogP contribution in [-0.4, -0.2) is 17.7 Å². The number of hydrogen-bond donors (Lipinski definition) is 0. The van der Waals surface area contributed by atoms with Crippen LogP contribution in [0.5, 0.6) is 0 Å². The quantitative estimate of drug-likeness (QED) is 0.471. The maximum atomic E-state index is 2.20. The summed E-state index contributed by atoms with van der Waals surface area (Å²) >= 11 is 2.20. The van der Waals surface area contributed by atoms with Gasteiger partial charge in [-0.25, -0.2) is 0 Å². The van der Waals surface area contributed by atoms with Gasteiger partial charge in [-0.15, -0.1) is 0 Å². The van der Waals surface area contributed by atoms with Gasteiger partial charge >= 0.3 is 135 Å². The average molecular weight is 262 g/mol. The summed E-state index contributed by atoms with van der Waals surface area (Å²) in [5.74, 6) is 0. The van der Waals surface area contributed by atoms with Crippen LogP contribution in [0, 0.1) is 0 Å². The van der Waals surface area contributed by atoms with E-state index in [4.69, 9.17) is 0 Å². The molecule has 0 fully saturated rings. The van der Waals surface area contributed by atoms with Crippen molar-refractivity contribution in [1.82, 2.24) is 0 Å². The van der Waals surface area contributed by atoms with E-state index in [2.05, 4.69) is 109 Å². The summed E-state index contributed by atoms with van der Waals surface area (Å²) in [6.07, 6.45) is 0. The van der Waals surface area contributed by atoms with Crippen LogP contribution in [-0.2, 0) is 0 Å². The fourth-order valence-electron chi connectivity index (χ4n) is 2.64. The van der Waals surface area contributed by atoms with Crippen molar-refractivity contribution >= 4 is 27.5 Å². The van der Waals surface area contributed by atoms with E-state index in [1.54, 1.807) is 0 Å². The molecule has 0 heterocycles. The number of rotatable bonds is 3. The molecule has 0 amide bonds. The van der Waals surface area contributed by atoms with E-state index in [1.807, 2.05) is 0 Å². The molecule has 3 aromatic rings. The van der Waals surface area contributed by atoms with Gasteiger partial charge in [0.1, 0.15) is 0 Å². The first-order valence-electron chi connectivity index (χ1n) is 7.23. The second-order valence-electron chi connectivity index (χ2n) is 5.10. The van der Waals surface area contributed by atoms with Crippen molar-refractivity contribution in [3.8, 4) is 0 Å². The molecule has 3 rings (SSSR count). The van der Waals surface area contributed by atoms with Crippen LogP contribution in [0.3, 0.4) is 0 Å². The minimum atomic E-state index is 1.25. The molecule has 1 heteroatoms. The van der Waals surface area contributed by atoms with Gasteiger partial charge in [-0.3, -0.25) is 0 Å². The summed E-state index contributed by atoms with van der Waals surface area (Å²) in [5, 5.41) is 0. The molecule has 0 aliphatic heterocycles. The first kappa shape index (κ1) is 14.0. The van der Waals surface area contributed by atoms with Crippen LogP contribution in [0.4, 0.5) is 0 Å². The Morgan fingerprint density at radius 2 is 0.810 bits per heavy atom. The van der Waals surface area contributed by atoms with E-state index >= 15 is 0 Å². The van der Waals surface area contributed by atoms with Crippen molar-refractivity contribution in [2.24, 2.45) is 0 Å². The number of hydrogen-bond acceptors (Lipinski definition) is 0. The predicted molar refractivity (Wildman–Crippen MR) is 91.0 cm³/mol. The van der Waals surface area contributed by atoms with Gasteiger partial charge in [-0.2, -0.15) is 0 Å². The van der Waals surface area contributed by atoms with E-state index in [1.165, 1.54) is 26.5 Å². The molecule has 0 radical (unpaired) electrons. The third-order valence-corrected chi connectivity index (χ3v) is 3.71. The van der Waals surface area contributed by atoms with Crippen LogP contribution in [0.15, 0.2) is 91.0 Å². The van der Waals surface area contributed by atoms with E-state index in [0.717, 1.165) is 0 Å². The van der Waals surface area contributed by atoms with Gasteiger partial charge < -0.3 is 0 Å². The summed E-state index contributed by atoms with van der Waals surface area (Å²) in [6, 6.07) is 31.8. The summed E-state index contributed by atoms with van der Waals surface area (Å²) in [4.78, 5) is 0. The van der Waals surface area contributed by atoms with Crippen molar-refractivity contribution < 1.29 is 0 Å². The zero-order valence-electron chi connectivity index (χ0n) is 12.2. The second-order valence-corrected chi connectivity index (χ2v) is 5.10. The fourth-order valence-corrected chi connectivity index (χ4v) is 2.64. The zero-order chi connectivity index (χ0) is 14.5. The van der Waals surface area contributed by atoms with Gasteiger partial charge in [-0.1, -0.05) is 0 Å². The van der Waals surface area contributed by atoms with Crippen LogP contribution >= 0.6 is 0 Å². The zero-order valence-corrected chi connectivity index (χ0v) is 12.2. The first-order valence-corrected chi connectivity index (χ1v) is 7.23. The van der Waals surface area contributed by atoms with Gasteiger partial charge in [0.05, 0.1) is 0 Å².